The number of carbonyl (C=O) groups is 2. The Bertz CT molecular complexity index is 853. The van der Waals surface area contributed by atoms with Crippen LogP contribution in [-0.2, 0) is 26.9 Å². The first-order valence-corrected chi connectivity index (χ1v) is 8.88. The van der Waals surface area contributed by atoms with Gasteiger partial charge in [-0.25, -0.2) is 0 Å². The van der Waals surface area contributed by atoms with Crippen molar-refractivity contribution in [2.45, 2.75) is 25.4 Å². The van der Waals surface area contributed by atoms with Crippen LogP contribution in [0.1, 0.15) is 23.3 Å². The summed E-state index contributed by atoms with van der Waals surface area (Å²) in [5.74, 6) is -1.51. The van der Waals surface area contributed by atoms with Crippen molar-refractivity contribution in [3.8, 4) is 0 Å². The quantitative estimate of drug-likeness (QED) is 0.395. The summed E-state index contributed by atoms with van der Waals surface area (Å²) in [4.78, 5) is 34.5. The van der Waals surface area contributed by atoms with Crippen molar-refractivity contribution in [2.75, 3.05) is 11.9 Å². The number of thiophene rings is 1. The molecule has 0 atom stereocenters. The molecule has 28 heavy (non-hydrogen) atoms. The van der Waals surface area contributed by atoms with Crippen molar-refractivity contribution >= 4 is 34.6 Å². The predicted molar refractivity (Wildman–Crippen MR) is 94.9 cm³/mol. The molecule has 0 spiro atoms. The average molecular weight is 416 g/mol. The monoisotopic (exact) mass is 416 g/mol. The van der Waals surface area contributed by atoms with Crippen LogP contribution in [0.25, 0.3) is 0 Å². The van der Waals surface area contributed by atoms with Crippen molar-refractivity contribution in [1.82, 2.24) is 0 Å². The smallest absolute Gasteiger partial charge is 0.416 e. The molecule has 1 amide bonds. The van der Waals surface area contributed by atoms with E-state index in [2.05, 4.69) is 5.32 Å². The van der Waals surface area contributed by atoms with Crippen LogP contribution in [0.15, 0.2) is 35.7 Å². The molecule has 1 aromatic heterocycles. The molecular weight excluding hydrogens is 401 g/mol. The fourth-order valence-corrected chi connectivity index (χ4v) is 2.98. The summed E-state index contributed by atoms with van der Waals surface area (Å²) in [5.41, 5.74) is -2.54. The van der Waals surface area contributed by atoms with Gasteiger partial charge in [-0.05, 0) is 36.4 Å². The number of benzene rings is 1. The van der Waals surface area contributed by atoms with E-state index < -0.39 is 46.5 Å². The van der Waals surface area contributed by atoms with Crippen LogP contribution in [0.2, 0.25) is 0 Å². The van der Waals surface area contributed by atoms with Crippen molar-refractivity contribution < 1.29 is 32.4 Å². The van der Waals surface area contributed by atoms with Gasteiger partial charge in [0.1, 0.15) is 5.69 Å². The van der Waals surface area contributed by atoms with E-state index in [9.17, 15) is 32.9 Å². The minimum Gasteiger partial charge on any atom is -0.456 e. The molecular formula is C17H15F3N2O5S. The molecule has 7 nitrogen and oxygen atoms in total. The SMILES string of the molecule is O=C(COC(=O)CCCc1cccs1)Nc1ccc(C(F)(F)F)cc1[N+](=O)[O-]. The molecule has 0 saturated heterocycles. The maximum absolute atomic E-state index is 12.7. The number of hydrogen-bond acceptors (Lipinski definition) is 6. The van der Waals surface area contributed by atoms with E-state index in [0.717, 1.165) is 10.9 Å². The average Bonchev–Trinajstić information content (AvgIpc) is 3.12. The zero-order chi connectivity index (χ0) is 20.7. The molecule has 0 radical (unpaired) electrons. The van der Waals surface area contributed by atoms with Crippen LogP contribution in [0.4, 0.5) is 24.5 Å². The van der Waals surface area contributed by atoms with E-state index in [1.165, 1.54) is 0 Å². The van der Waals surface area contributed by atoms with Crippen LogP contribution in [0.5, 0.6) is 0 Å². The van der Waals surface area contributed by atoms with Crippen molar-refractivity contribution in [1.29, 1.82) is 0 Å². The lowest BCUT2D eigenvalue weighted by atomic mass is 10.1. The highest BCUT2D eigenvalue weighted by Gasteiger charge is 2.33. The first-order chi connectivity index (χ1) is 13.2. The summed E-state index contributed by atoms with van der Waals surface area (Å²) < 4.78 is 42.8. The van der Waals surface area contributed by atoms with E-state index in [4.69, 9.17) is 4.74 Å². The summed E-state index contributed by atoms with van der Waals surface area (Å²) in [6.07, 6.45) is -3.44. The molecule has 0 aliphatic heterocycles. The maximum Gasteiger partial charge on any atom is 0.416 e. The summed E-state index contributed by atoms with van der Waals surface area (Å²) in [6.45, 7) is -0.698. The molecule has 1 heterocycles. The topological polar surface area (TPSA) is 98.5 Å². The zero-order valence-corrected chi connectivity index (χ0v) is 15.1. The maximum atomic E-state index is 12.7. The fourth-order valence-electron chi connectivity index (χ4n) is 2.23. The third kappa shape index (κ3) is 6.34. The molecule has 0 unspecified atom stereocenters. The Labute approximate surface area is 161 Å². The Balaban J connectivity index is 1.86. The Morgan fingerprint density at radius 1 is 1.25 bits per heavy atom. The largest absolute Gasteiger partial charge is 0.456 e. The van der Waals surface area contributed by atoms with Gasteiger partial charge in [-0.2, -0.15) is 13.2 Å². The number of rotatable bonds is 8. The summed E-state index contributed by atoms with van der Waals surface area (Å²) in [6, 6.07) is 5.54. The van der Waals surface area contributed by atoms with Crippen LogP contribution < -0.4 is 5.32 Å². The van der Waals surface area contributed by atoms with Crippen molar-refractivity contribution in [3.63, 3.8) is 0 Å². The molecule has 2 aromatic rings. The first-order valence-electron chi connectivity index (χ1n) is 8.00. The fraction of sp³-hybridized carbons (Fsp3) is 0.294. The third-order valence-corrected chi connectivity index (χ3v) is 4.48. The van der Waals surface area contributed by atoms with E-state index in [1.807, 2.05) is 17.5 Å². The zero-order valence-electron chi connectivity index (χ0n) is 14.3. The van der Waals surface area contributed by atoms with E-state index in [0.29, 0.717) is 25.0 Å². The van der Waals surface area contributed by atoms with Crippen LogP contribution in [-0.4, -0.2) is 23.4 Å². The number of nitro groups is 1. The van der Waals surface area contributed by atoms with Crippen LogP contribution >= 0.6 is 11.3 Å². The van der Waals surface area contributed by atoms with E-state index in [1.54, 1.807) is 11.3 Å². The number of nitrogens with zero attached hydrogens (tertiary/aromatic N) is 1. The molecule has 1 aromatic carbocycles. The lowest BCUT2D eigenvalue weighted by molar-refractivity contribution is -0.384. The summed E-state index contributed by atoms with van der Waals surface area (Å²) in [5, 5.41) is 15.0. The molecule has 0 bridgehead atoms. The van der Waals surface area contributed by atoms with Gasteiger partial charge in [-0.1, -0.05) is 6.07 Å². The van der Waals surface area contributed by atoms with Crippen LogP contribution in [0, 0.1) is 10.1 Å². The number of carbonyl (C=O) groups excluding carboxylic acids is 2. The van der Waals surface area contributed by atoms with E-state index in [-0.39, 0.29) is 6.42 Å². The molecule has 0 aliphatic carbocycles. The van der Waals surface area contributed by atoms with Gasteiger partial charge in [0.05, 0.1) is 10.5 Å². The molecule has 0 fully saturated rings. The van der Waals surface area contributed by atoms with Gasteiger partial charge < -0.3 is 10.1 Å². The first kappa shape index (κ1) is 21.4. The number of esters is 1. The van der Waals surface area contributed by atoms with Gasteiger partial charge >= 0.3 is 12.1 Å². The number of nitrogens with one attached hydrogen (secondary N) is 1. The molecule has 150 valence electrons. The second kappa shape index (κ2) is 9.31. The molecule has 11 heteroatoms. The standard InChI is InChI=1S/C17H15F3N2O5S/c18-17(19,20)11-6-7-13(14(9-11)22(25)26)21-15(23)10-27-16(24)5-1-3-12-4-2-8-28-12/h2,4,6-9H,1,3,5,10H2,(H,21,23). The molecule has 1 N–H and O–H groups in total. The third-order valence-electron chi connectivity index (χ3n) is 3.54. The van der Waals surface area contributed by atoms with Crippen molar-refractivity contribution in [2.24, 2.45) is 0 Å². The van der Waals surface area contributed by atoms with Crippen molar-refractivity contribution in [3.05, 3.63) is 56.3 Å². The van der Waals surface area contributed by atoms with Gasteiger partial charge in [0.15, 0.2) is 6.61 Å². The highest BCUT2D eigenvalue weighted by Crippen LogP contribution is 2.34. The van der Waals surface area contributed by atoms with Gasteiger partial charge in [0.2, 0.25) is 0 Å². The minimum absolute atomic E-state index is 0.0889. The second-order valence-corrected chi connectivity index (χ2v) is 6.66. The lowest BCUT2D eigenvalue weighted by Crippen LogP contribution is -2.21. The summed E-state index contributed by atoms with van der Waals surface area (Å²) >= 11 is 1.56. The van der Waals surface area contributed by atoms with Gasteiger partial charge in [-0.3, -0.25) is 19.7 Å². The molecule has 2 rings (SSSR count). The van der Waals surface area contributed by atoms with E-state index >= 15 is 0 Å². The number of anilines is 1. The number of halogens is 3. The van der Waals surface area contributed by atoms with Crippen LogP contribution in [0.3, 0.4) is 0 Å². The number of amides is 1. The lowest BCUT2D eigenvalue weighted by Gasteiger charge is -2.10. The Kier molecular flexibility index (Phi) is 7.10. The Morgan fingerprint density at radius 2 is 2.00 bits per heavy atom. The molecule has 0 saturated carbocycles. The number of hydrogen-bond donors (Lipinski definition) is 1. The predicted octanol–water partition coefficient (Wildman–Crippen LogP) is 4.18. The van der Waals surface area contributed by atoms with Gasteiger partial charge in [-0.15, -0.1) is 11.3 Å². The van der Waals surface area contributed by atoms with Gasteiger partial charge in [0.25, 0.3) is 11.6 Å². The number of alkyl halides is 3. The number of aryl methyl sites for hydroxylation is 1. The second-order valence-electron chi connectivity index (χ2n) is 5.63. The number of ether oxygens (including phenoxy) is 1. The Hall–Kier alpha value is -2.95. The minimum atomic E-state index is -4.76. The highest BCUT2D eigenvalue weighted by atomic mass is 32.1. The normalized spacial score (nSPS) is 11.1. The van der Waals surface area contributed by atoms with Gasteiger partial charge in [0, 0.05) is 17.4 Å². The highest BCUT2D eigenvalue weighted by molar-refractivity contribution is 7.09. The number of nitro benzene ring substituents is 1. The molecule has 0 aliphatic rings. The Morgan fingerprint density at radius 3 is 2.61 bits per heavy atom. The summed E-state index contributed by atoms with van der Waals surface area (Å²) in [7, 11) is 0.